The van der Waals surface area contributed by atoms with Crippen molar-refractivity contribution < 1.29 is 17.1 Å². The van der Waals surface area contributed by atoms with Gasteiger partial charge in [-0.2, -0.15) is 27.8 Å². The molecule has 2 aromatic carbocycles. The number of hydrogen-bond acceptors (Lipinski definition) is 0. The monoisotopic (exact) mass is 256 g/mol. The van der Waals surface area contributed by atoms with E-state index in [4.69, 9.17) is 0 Å². The molecule has 2 aromatic rings. The van der Waals surface area contributed by atoms with Crippen LogP contribution in [0.1, 0.15) is 27.8 Å². The van der Waals surface area contributed by atoms with E-state index in [0.29, 0.717) is 0 Å². The van der Waals surface area contributed by atoms with E-state index in [1.807, 2.05) is 30.3 Å². The second kappa shape index (κ2) is 6.73. The van der Waals surface area contributed by atoms with Gasteiger partial charge in [-0.05, 0) is 0 Å². The first kappa shape index (κ1) is 15.2. The molecule has 1 heteroatoms. The molecule has 16 heavy (non-hydrogen) atoms. The van der Waals surface area contributed by atoms with Crippen molar-refractivity contribution >= 4 is 0 Å². The topological polar surface area (TPSA) is 0 Å². The van der Waals surface area contributed by atoms with E-state index in [2.05, 4.69) is 34.6 Å². The molecule has 0 unspecified atom stereocenters. The summed E-state index contributed by atoms with van der Waals surface area (Å²) < 4.78 is 0. The molecule has 0 heterocycles. The molecule has 2 rings (SSSR count). The molecule has 0 spiro atoms. The fourth-order valence-electron chi connectivity index (χ4n) is 1.73. The van der Waals surface area contributed by atoms with Gasteiger partial charge in [-0.1, -0.05) is 34.6 Å². The first-order valence-corrected chi connectivity index (χ1v) is 5.42. The zero-order chi connectivity index (χ0) is 11.4. The Morgan fingerprint density at radius 3 is 1.06 bits per heavy atom. The van der Waals surface area contributed by atoms with Gasteiger partial charge >= 0.3 is 0 Å². The predicted molar refractivity (Wildman–Crippen MR) is 67.8 cm³/mol. The van der Waals surface area contributed by atoms with E-state index >= 15 is 0 Å². The molecule has 0 aliphatic rings. The minimum Gasteiger partial charge on any atom is -0.748 e. The van der Waals surface area contributed by atoms with Crippen molar-refractivity contribution in [3.05, 3.63) is 58.1 Å². The molecular weight excluding hydrogens is 236 g/mol. The van der Waals surface area contributed by atoms with Gasteiger partial charge in [0, 0.05) is 17.1 Å². The van der Waals surface area contributed by atoms with Crippen molar-refractivity contribution in [1.82, 2.24) is 0 Å². The molecule has 0 N–H and O–H groups in total. The SMILES string of the molecule is Cc1c(C)c(C)[c-](C)c1C.[Fe].[cH-]1[cH-][cH-][cH-][cH-]1. The van der Waals surface area contributed by atoms with Crippen LogP contribution in [0.4, 0.5) is 0 Å². The Morgan fingerprint density at radius 1 is 0.688 bits per heavy atom. The fourth-order valence-corrected chi connectivity index (χ4v) is 1.73. The molecule has 0 bridgehead atoms. The number of rotatable bonds is 0. The van der Waals surface area contributed by atoms with Crippen molar-refractivity contribution in [3.8, 4) is 0 Å². The van der Waals surface area contributed by atoms with Gasteiger partial charge < -0.3 is 30.3 Å². The molecular formula is C15H20Fe-6. The average molecular weight is 256 g/mol. The molecule has 0 nitrogen and oxygen atoms in total. The van der Waals surface area contributed by atoms with E-state index in [9.17, 15) is 0 Å². The minimum atomic E-state index is 0. The predicted octanol–water partition coefficient (Wildman–Crippen LogP) is 4.35. The summed E-state index contributed by atoms with van der Waals surface area (Å²) >= 11 is 0. The Hall–Kier alpha value is -0.781. The summed E-state index contributed by atoms with van der Waals surface area (Å²) in [5, 5.41) is 0. The zero-order valence-corrected chi connectivity index (χ0v) is 11.8. The van der Waals surface area contributed by atoms with Gasteiger partial charge in [-0.3, -0.25) is 0 Å². The molecule has 94 valence electrons. The van der Waals surface area contributed by atoms with Gasteiger partial charge in [0.05, 0.1) is 0 Å². The molecule has 0 saturated heterocycles. The Morgan fingerprint density at radius 2 is 0.938 bits per heavy atom. The summed E-state index contributed by atoms with van der Waals surface area (Å²) in [5.41, 5.74) is 7.34. The molecule has 0 fully saturated rings. The largest absolute Gasteiger partial charge is 0.748 e. The van der Waals surface area contributed by atoms with Crippen molar-refractivity contribution in [2.24, 2.45) is 0 Å². The van der Waals surface area contributed by atoms with Crippen molar-refractivity contribution in [3.63, 3.8) is 0 Å². The quantitative estimate of drug-likeness (QED) is 0.485. The van der Waals surface area contributed by atoms with Gasteiger partial charge in [-0.25, -0.2) is 0 Å². The third kappa shape index (κ3) is 3.37. The van der Waals surface area contributed by atoms with Crippen LogP contribution in [-0.2, 0) is 17.1 Å². The van der Waals surface area contributed by atoms with E-state index in [1.54, 1.807) is 0 Å². The Labute approximate surface area is 110 Å². The molecule has 0 aliphatic heterocycles. The Balaban J connectivity index is 0.000000318. The van der Waals surface area contributed by atoms with Crippen molar-refractivity contribution in [2.45, 2.75) is 34.6 Å². The van der Waals surface area contributed by atoms with Gasteiger partial charge in [-0.15, -0.1) is 0 Å². The summed E-state index contributed by atoms with van der Waals surface area (Å²) in [7, 11) is 0. The van der Waals surface area contributed by atoms with E-state index in [1.165, 1.54) is 27.8 Å². The summed E-state index contributed by atoms with van der Waals surface area (Å²) in [6.07, 6.45) is 0. The summed E-state index contributed by atoms with van der Waals surface area (Å²) in [6.45, 7) is 11.0. The maximum Gasteiger partial charge on any atom is 0 e. The summed E-state index contributed by atoms with van der Waals surface area (Å²) in [4.78, 5) is 0. The van der Waals surface area contributed by atoms with Crippen LogP contribution < -0.4 is 0 Å². The van der Waals surface area contributed by atoms with Crippen molar-refractivity contribution in [1.29, 1.82) is 0 Å². The fraction of sp³-hybridized carbons (Fsp3) is 0.333. The molecule has 0 aromatic heterocycles. The van der Waals surface area contributed by atoms with Crippen LogP contribution in [0, 0.1) is 34.6 Å². The summed E-state index contributed by atoms with van der Waals surface area (Å²) in [6, 6.07) is 10.0. The Bertz CT molecular complexity index is 308. The van der Waals surface area contributed by atoms with Crippen LogP contribution in [0.15, 0.2) is 30.3 Å². The molecule has 0 saturated carbocycles. The molecule has 0 radical (unpaired) electrons. The second-order valence-electron chi connectivity index (χ2n) is 4.09. The smallest absolute Gasteiger partial charge is 0 e. The van der Waals surface area contributed by atoms with Crippen LogP contribution in [0.2, 0.25) is 0 Å². The normalized spacial score (nSPS) is 9.06. The number of hydrogen-bond donors (Lipinski definition) is 0. The molecule has 0 aliphatic carbocycles. The van der Waals surface area contributed by atoms with Crippen LogP contribution in [0.3, 0.4) is 0 Å². The average Bonchev–Trinajstić information content (AvgIpc) is 2.86. The standard InChI is InChI=1S/C10H15.C5H5.Fe/c1-6-7(2)9(4)10(5)8(6)3;1-2-4-5-3-1;/h1-5H3;1-5H;/q-1;-5;. The van der Waals surface area contributed by atoms with Crippen LogP contribution in [0.5, 0.6) is 0 Å². The van der Waals surface area contributed by atoms with Crippen molar-refractivity contribution in [2.75, 3.05) is 0 Å². The summed E-state index contributed by atoms with van der Waals surface area (Å²) in [5.74, 6) is 0. The zero-order valence-electron chi connectivity index (χ0n) is 10.7. The first-order valence-electron chi connectivity index (χ1n) is 5.42. The second-order valence-corrected chi connectivity index (χ2v) is 4.09. The van der Waals surface area contributed by atoms with E-state index < -0.39 is 0 Å². The molecule has 0 atom stereocenters. The third-order valence-corrected chi connectivity index (χ3v) is 3.37. The maximum atomic E-state index is 2.20. The van der Waals surface area contributed by atoms with E-state index in [-0.39, 0.29) is 17.1 Å². The van der Waals surface area contributed by atoms with E-state index in [0.717, 1.165) is 0 Å². The molecule has 0 amide bonds. The Kier molecular flexibility index (Phi) is 6.40. The van der Waals surface area contributed by atoms with Crippen LogP contribution in [0.25, 0.3) is 0 Å². The van der Waals surface area contributed by atoms with Gasteiger partial charge in [0.25, 0.3) is 0 Å². The van der Waals surface area contributed by atoms with Gasteiger partial charge in [0.15, 0.2) is 0 Å². The first-order chi connectivity index (χ1) is 7.05. The minimum absolute atomic E-state index is 0. The maximum absolute atomic E-state index is 2.20. The van der Waals surface area contributed by atoms with Gasteiger partial charge in [0.1, 0.15) is 0 Å². The van der Waals surface area contributed by atoms with Gasteiger partial charge in [0.2, 0.25) is 0 Å². The third-order valence-electron chi connectivity index (χ3n) is 3.37. The van der Waals surface area contributed by atoms with Crippen LogP contribution >= 0.6 is 0 Å². The van der Waals surface area contributed by atoms with Crippen LogP contribution in [-0.4, -0.2) is 0 Å².